The van der Waals surface area contributed by atoms with Crippen LogP contribution in [-0.4, -0.2) is 27.3 Å². The SMILES string of the molecule is O=C(c1cccc(=O)[nH]1)N1CCC[C@H]1c1ncc(Cc2ccc(F)cc2)o1. The molecule has 4 rings (SSSR count). The predicted molar refractivity (Wildman–Crippen MR) is 95.8 cm³/mol. The van der Waals surface area contributed by atoms with Crippen molar-refractivity contribution >= 4 is 5.91 Å². The van der Waals surface area contributed by atoms with Crippen molar-refractivity contribution in [1.29, 1.82) is 0 Å². The number of oxazole rings is 1. The molecule has 0 aliphatic carbocycles. The molecule has 138 valence electrons. The van der Waals surface area contributed by atoms with Crippen molar-refractivity contribution in [2.24, 2.45) is 0 Å². The van der Waals surface area contributed by atoms with E-state index in [2.05, 4.69) is 9.97 Å². The van der Waals surface area contributed by atoms with Crippen LogP contribution in [0.1, 0.15) is 46.6 Å². The number of aromatic amines is 1. The van der Waals surface area contributed by atoms with Gasteiger partial charge < -0.3 is 14.3 Å². The van der Waals surface area contributed by atoms with Gasteiger partial charge in [-0.25, -0.2) is 9.37 Å². The van der Waals surface area contributed by atoms with Gasteiger partial charge >= 0.3 is 0 Å². The lowest BCUT2D eigenvalue weighted by molar-refractivity contribution is 0.0708. The van der Waals surface area contributed by atoms with Crippen molar-refractivity contribution in [3.05, 3.63) is 87.7 Å². The van der Waals surface area contributed by atoms with Crippen molar-refractivity contribution < 1.29 is 13.6 Å². The summed E-state index contributed by atoms with van der Waals surface area (Å²) in [6.45, 7) is 0.579. The maximum absolute atomic E-state index is 13.0. The summed E-state index contributed by atoms with van der Waals surface area (Å²) in [5, 5.41) is 0. The summed E-state index contributed by atoms with van der Waals surface area (Å²) in [6, 6.07) is 10.5. The minimum Gasteiger partial charge on any atom is -0.443 e. The van der Waals surface area contributed by atoms with Gasteiger partial charge in [0, 0.05) is 19.0 Å². The van der Waals surface area contributed by atoms with E-state index in [0.29, 0.717) is 24.6 Å². The quantitative estimate of drug-likeness (QED) is 0.769. The number of H-pyrrole nitrogens is 1. The average Bonchev–Trinajstić information content (AvgIpc) is 3.32. The highest BCUT2D eigenvalue weighted by molar-refractivity contribution is 5.92. The van der Waals surface area contributed by atoms with E-state index in [1.165, 1.54) is 18.2 Å². The summed E-state index contributed by atoms with van der Waals surface area (Å²) in [7, 11) is 0. The molecule has 6 nitrogen and oxygen atoms in total. The van der Waals surface area contributed by atoms with Gasteiger partial charge in [0.05, 0.1) is 6.20 Å². The molecule has 0 unspecified atom stereocenters. The first-order valence-electron chi connectivity index (χ1n) is 8.79. The molecular formula is C20H18FN3O3. The lowest BCUT2D eigenvalue weighted by Crippen LogP contribution is -2.32. The van der Waals surface area contributed by atoms with Crippen LogP contribution in [0.15, 0.2) is 57.9 Å². The summed E-state index contributed by atoms with van der Waals surface area (Å²) in [5.74, 6) is 0.616. The zero-order valence-electron chi connectivity index (χ0n) is 14.5. The molecule has 1 amide bonds. The van der Waals surface area contributed by atoms with Gasteiger partial charge in [-0.15, -0.1) is 0 Å². The first-order chi connectivity index (χ1) is 13.1. The monoisotopic (exact) mass is 367 g/mol. The van der Waals surface area contributed by atoms with Gasteiger partial charge in [0.2, 0.25) is 11.4 Å². The van der Waals surface area contributed by atoms with Crippen LogP contribution in [0.5, 0.6) is 0 Å². The van der Waals surface area contributed by atoms with Crippen molar-refractivity contribution in [1.82, 2.24) is 14.9 Å². The predicted octanol–water partition coefficient (Wildman–Crippen LogP) is 3.07. The molecule has 1 aliphatic heterocycles. The van der Waals surface area contributed by atoms with Crippen molar-refractivity contribution in [3.63, 3.8) is 0 Å². The Labute approximate surface area is 154 Å². The highest BCUT2D eigenvalue weighted by Gasteiger charge is 2.34. The maximum Gasteiger partial charge on any atom is 0.271 e. The molecule has 0 bridgehead atoms. The fourth-order valence-corrected chi connectivity index (χ4v) is 3.36. The number of hydrogen-bond donors (Lipinski definition) is 1. The number of likely N-dealkylation sites (tertiary alicyclic amines) is 1. The third kappa shape index (κ3) is 3.67. The summed E-state index contributed by atoms with van der Waals surface area (Å²) in [6.07, 6.45) is 3.73. The minimum atomic E-state index is -0.311. The van der Waals surface area contributed by atoms with E-state index in [0.717, 1.165) is 18.4 Å². The Kier molecular flexibility index (Phi) is 4.58. The Morgan fingerprint density at radius 1 is 1.26 bits per heavy atom. The number of rotatable bonds is 4. The Morgan fingerprint density at radius 2 is 2.07 bits per heavy atom. The Morgan fingerprint density at radius 3 is 2.85 bits per heavy atom. The van der Waals surface area contributed by atoms with Gasteiger partial charge in [0.15, 0.2) is 0 Å². The summed E-state index contributed by atoms with van der Waals surface area (Å²) < 4.78 is 18.9. The van der Waals surface area contributed by atoms with Crippen LogP contribution in [0, 0.1) is 5.82 Å². The zero-order chi connectivity index (χ0) is 18.8. The number of amides is 1. The molecule has 1 fully saturated rings. The topological polar surface area (TPSA) is 79.2 Å². The third-order valence-electron chi connectivity index (χ3n) is 4.66. The fourth-order valence-electron chi connectivity index (χ4n) is 3.36. The van der Waals surface area contributed by atoms with E-state index < -0.39 is 0 Å². The van der Waals surface area contributed by atoms with E-state index in [1.54, 1.807) is 35.4 Å². The van der Waals surface area contributed by atoms with Gasteiger partial charge in [0.25, 0.3) is 5.91 Å². The van der Waals surface area contributed by atoms with Gasteiger partial charge in [-0.1, -0.05) is 18.2 Å². The van der Waals surface area contributed by atoms with Crippen LogP contribution in [0.25, 0.3) is 0 Å². The average molecular weight is 367 g/mol. The van der Waals surface area contributed by atoms with E-state index in [4.69, 9.17) is 4.42 Å². The largest absolute Gasteiger partial charge is 0.443 e. The molecule has 7 heteroatoms. The second-order valence-corrected chi connectivity index (χ2v) is 6.55. The van der Waals surface area contributed by atoms with Crippen LogP contribution < -0.4 is 5.56 Å². The van der Waals surface area contributed by atoms with Gasteiger partial charge in [-0.2, -0.15) is 0 Å². The lowest BCUT2D eigenvalue weighted by Gasteiger charge is -2.22. The number of aromatic nitrogens is 2. The third-order valence-corrected chi connectivity index (χ3v) is 4.66. The Hall–Kier alpha value is -3.22. The molecule has 27 heavy (non-hydrogen) atoms. The number of benzene rings is 1. The highest BCUT2D eigenvalue weighted by Crippen LogP contribution is 2.32. The molecule has 0 spiro atoms. The first kappa shape index (κ1) is 17.2. The Bertz CT molecular complexity index is 1010. The molecule has 1 atom stereocenters. The zero-order valence-corrected chi connectivity index (χ0v) is 14.5. The van der Waals surface area contributed by atoms with Crippen molar-refractivity contribution in [3.8, 4) is 0 Å². The van der Waals surface area contributed by atoms with Gasteiger partial charge in [-0.05, 0) is 36.6 Å². The molecule has 1 saturated heterocycles. The van der Waals surface area contributed by atoms with Crippen LogP contribution in [0.4, 0.5) is 4.39 Å². The van der Waals surface area contributed by atoms with Gasteiger partial charge in [-0.3, -0.25) is 9.59 Å². The first-order valence-corrected chi connectivity index (χ1v) is 8.79. The number of hydrogen-bond acceptors (Lipinski definition) is 4. The number of pyridine rings is 1. The molecule has 1 aliphatic rings. The molecule has 2 aromatic heterocycles. The van der Waals surface area contributed by atoms with E-state index in [1.807, 2.05) is 0 Å². The second-order valence-electron chi connectivity index (χ2n) is 6.55. The molecular weight excluding hydrogens is 349 g/mol. The molecule has 1 aromatic carbocycles. The minimum absolute atomic E-state index is 0.242. The van der Waals surface area contributed by atoms with E-state index >= 15 is 0 Å². The number of carbonyl (C=O) groups is 1. The standard InChI is InChI=1S/C20H18FN3O3/c21-14-8-6-13(7-9-14)11-15-12-22-19(27-15)17-4-2-10-24(17)20(26)16-3-1-5-18(25)23-16/h1,3,5-9,12,17H,2,4,10-11H2,(H,23,25)/t17-/m0/s1. The van der Waals surface area contributed by atoms with E-state index in [9.17, 15) is 14.0 Å². The van der Waals surface area contributed by atoms with Crippen molar-refractivity contribution in [2.75, 3.05) is 6.54 Å². The molecule has 0 radical (unpaired) electrons. The molecule has 1 N–H and O–H groups in total. The van der Waals surface area contributed by atoms with Crippen LogP contribution in [-0.2, 0) is 6.42 Å². The molecule has 0 saturated carbocycles. The summed E-state index contributed by atoms with van der Waals surface area (Å²) in [4.78, 5) is 32.8. The maximum atomic E-state index is 13.0. The Balaban J connectivity index is 1.52. The fraction of sp³-hybridized carbons (Fsp3) is 0.250. The second kappa shape index (κ2) is 7.19. The molecule has 3 aromatic rings. The number of nitrogens with one attached hydrogen (secondary N) is 1. The number of carbonyl (C=O) groups excluding carboxylic acids is 1. The van der Waals surface area contributed by atoms with Crippen LogP contribution in [0.2, 0.25) is 0 Å². The number of halogens is 1. The van der Waals surface area contributed by atoms with Crippen LogP contribution in [0.3, 0.4) is 0 Å². The molecule has 3 heterocycles. The van der Waals surface area contributed by atoms with Crippen molar-refractivity contribution in [2.45, 2.75) is 25.3 Å². The number of nitrogens with zero attached hydrogens (tertiary/aromatic N) is 2. The summed E-state index contributed by atoms with van der Waals surface area (Å²) >= 11 is 0. The van der Waals surface area contributed by atoms with Crippen LogP contribution >= 0.6 is 0 Å². The lowest BCUT2D eigenvalue weighted by atomic mass is 10.1. The normalized spacial score (nSPS) is 16.6. The van der Waals surface area contributed by atoms with Gasteiger partial charge in [0.1, 0.15) is 23.3 Å². The smallest absolute Gasteiger partial charge is 0.271 e. The highest BCUT2D eigenvalue weighted by atomic mass is 19.1. The van der Waals surface area contributed by atoms with E-state index in [-0.39, 0.29) is 29.0 Å². The summed E-state index contributed by atoms with van der Waals surface area (Å²) in [5.41, 5.74) is 0.863.